The minimum Gasteiger partial charge on any atom is -0.375 e. The van der Waals surface area contributed by atoms with Gasteiger partial charge in [0.05, 0.1) is 11.7 Å². The van der Waals surface area contributed by atoms with Crippen molar-refractivity contribution in [3.8, 4) is 0 Å². The third-order valence-corrected chi connectivity index (χ3v) is 6.18. The number of ether oxygens (including phenoxy) is 2. The summed E-state index contributed by atoms with van der Waals surface area (Å²) in [7, 11) is 1.53. The Hall–Kier alpha value is -1.95. The maximum atomic E-state index is 11.6. The number of rotatable bonds is 6. The number of nitrogens with one attached hydrogen (secondary N) is 1. The third-order valence-electron chi connectivity index (χ3n) is 6.18. The van der Waals surface area contributed by atoms with E-state index in [2.05, 4.69) is 52.7 Å². The molecule has 5 nitrogen and oxygen atoms in total. The van der Waals surface area contributed by atoms with E-state index in [0.717, 1.165) is 45.3 Å². The summed E-state index contributed by atoms with van der Waals surface area (Å²) in [5.74, 6) is -0.0723. The first-order valence-corrected chi connectivity index (χ1v) is 10.3. The minimum absolute atomic E-state index is 0.00586. The fraction of sp³-hybridized carbons (Fsp3) is 0.522. The van der Waals surface area contributed by atoms with Crippen molar-refractivity contribution in [3.63, 3.8) is 0 Å². The van der Waals surface area contributed by atoms with Crippen molar-refractivity contribution < 1.29 is 14.3 Å². The van der Waals surface area contributed by atoms with Gasteiger partial charge in [-0.15, -0.1) is 0 Å². The monoisotopic (exact) mass is 382 g/mol. The standard InChI is InChI=1S/C23H30N2O3/c1-27-17-22(26)24-15-20-9-10-23(28-20)11-13-25(14-12-23)16-19-7-4-6-18-5-2-3-8-21(18)19/h2-8,20H,9-17H2,1H3,(H,24,26). The highest BCUT2D eigenvalue weighted by molar-refractivity contribution is 5.85. The van der Waals surface area contributed by atoms with Crippen LogP contribution in [0.15, 0.2) is 42.5 Å². The summed E-state index contributed by atoms with van der Waals surface area (Å²) < 4.78 is 11.3. The number of likely N-dealkylation sites (tertiary alicyclic amines) is 1. The van der Waals surface area contributed by atoms with Crippen LogP contribution >= 0.6 is 0 Å². The molecular formula is C23H30N2O3. The first-order valence-electron chi connectivity index (χ1n) is 10.3. The van der Waals surface area contributed by atoms with E-state index in [0.29, 0.717) is 6.54 Å². The molecule has 2 heterocycles. The molecule has 2 saturated heterocycles. The minimum atomic E-state index is -0.0723. The normalized spacial score (nSPS) is 22.0. The Bertz CT molecular complexity index is 809. The van der Waals surface area contributed by atoms with Crippen LogP contribution < -0.4 is 5.32 Å². The molecule has 2 aromatic carbocycles. The Morgan fingerprint density at radius 1 is 1.18 bits per heavy atom. The molecule has 1 atom stereocenters. The average Bonchev–Trinajstić information content (AvgIpc) is 3.12. The number of fused-ring (bicyclic) bond motifs is 1. The lowest BCUT2D eigenvalue weighted by atomic mass is 9.88. The SMILES string of the molecule is COCC(=O)NCC1CCC2(CCN(Cc3cccc4ccccc34)CC2)O1. The van der Waals surface area contributed by atoms with E-state index in [9.17, 15) is 4.79 Å². The number of carbonyl (C=O) groups excluding carboxylic acids is 1. The molecule has 5 heteroatoms. The molecule has 1 spiro atoms. The van der Waals surface area contributed by atoms with E-state index in [-0.39, 0.29) is 24.2 Å². The van der Waals surface area contributed by atoms with E-state index in [1.807, 2.05) is 0 Å². The lowest BCUT2D eigenvalue weighted by Gasteiger charge is -2.39. The van der Waals surface area contributed by atoms with Crippen LogP contribution in [0.2, 0.25) is 0 Å². The lowest BCUT2D eigenvalue weighted by Crippen LogP contribution is -2.45. The predicted octanol–water partition coefficient (Wildman–Crippen LogP) is 3.12. The molecule has 0 aliphatic carbocycles. The third kappa shape index (κ3) is 4.37. The van der Waals surface area contributed by atoms with Crippen molar-refractivity contribution in [2.24, 2.45) is 0 Å². The van der Waals surface area contributed by atoms with Crippen LogP contribution in [-0.4, -0.2) is 55.9 Å². The predicted molar refractivity (Wildman–Crippen MR) is 110 cm³/mol. The van der Waals surface area contributed by atoms with Crippen LogP contribution in [0.5, 0.6) is 0 Å². The van der Waals surface area contributed by atoms with Gasteiger partial charge in [0.15, 0.2) is 0 Å². The van der Waals surface area contributed by atoms with Crippen molar-refractivity contribution in [1.29, 1.82) is 0 Å². The molecule has 1 amide bonds. The van der Waals surface area contributed by atoms with Crippen molar-refractivity contribution in [3.05, 3.63) is 48.0 Å². The first kappa shape index (κ1) is 19.4. The Morgan fingerprint density at radius 3 is 2.79 bits per heavy atom. The summed E-state index contributed by atoms with van der Waals surface area (Å²) >= 11 is 0. The Labute approximate surface area is 167 Å². The smallest absolute Gasteiger partial charge is 0.246 e. The molecule has 2 aliphatic heterocycles. The summed E-state index contributed by atoms with van der Waals surface area (Å²) in [6.45, 7) is 3.82. The van der Waals surface area contributed by atoms with Crippen LogP contribution in [0.1, 0.15) is 31.2 Å². The fourth-order valence-electron chi connectivity index (χ4n) is 4.61. The number of hydrogen-bond donors (Lipinski definition) is 1. The summed E-state index contributed by atoms with van der Waals surface area (Å²) in [5.41, 5.74) is 1.41. The van der Waals surface area contributed by atoms with E-state index in [1.54, 1.807) is 0 Å². The summed E-state index contributed by atoms with van der Waals surface area (Å²) in [6, 6.07) is 15.2. The summed E-state index contributed by atoms with van der Waals surface area (Å²) in [5, 5.41) is 5.57. The highest BCUT2D eigenvalue weighted by Crippen LogP contribution is 2.39. The number of methoxy groups -OCH3 is 1. The van der Waals surface area contributed by atoms with Gasteiger partial charge in [0, 0.05) is 33.3 Å². The zero-order valence-electron chi connectivity index (χ0n) is 16.7. The molecule has 1 N–H and O–H groups in total. The summed E-state index contributed by atoms with van der Waals surface area (Å²) in [4.78, 5) is 14.1. The van der Waals surface area contributed by atoms with Crippen molar-refractivity contribution in [1.82, 2.24) is 10.2 Å². The van der Waals surface area contributed by atoms with Crippen LogP contribution in [0.4, 0.5) is 0 Å². The zero-order chi connectivity index (χ0) is 19.4. The van der Waals surface area contributed by atoms with E-state index in [4.69, 9.17) is 9.47 Å². The Kier molecular flexibility index (Phi) is 5.95. The highest BCUT2D eigenvalue weighted by Gasteiger charge is 2.42. The molecule has 0 aromatic heterocycles. The quantitative estimate of drug-likeness (QED) is 0.834. The Balaban J connectivity index is 1.29. The molecule has 0 saturated carbocycles. The second kappa shape index (κ2) is 8.60. The Morgan fingerprint density at radius 2 is 1.96 bits per heavy atom. The maximum absolute atomic E-state index is 11.6. The molecule has 2 fully saturated rings. The van der Waals surface area contributed by atoms with Crippen molar-refractivity contribution in [2.45, 2.75) is 43.9 Å². The van der Waals surface area contributed by atoms with Gasteiger partial charge in [-0.3, -0.25) is 9.69 Å². The largest absolute Gasteiger partial charge is 0.375 e. The molecule has 2 aliphatic rings. The van der Waals surface area contributed by atoms with Crippen LogP contribution in [0, 0.1) is 0 Å². The fourth-order valence-corrected chi connectivity index (χ4v) is 4.61. The van der Waals surface area contributed by atoms with Crippen molar-refractivity contribution >= 4 is 16.7 Å². The number of benzene rings is 2. The average molecular weight is 383 g/mol. The van der Waals surface area contributed by atoms with Gasteiger partial charge >= 0.3 is 0 Å². The maximum Gasteiger partial charge on any atom is 0.246 e. The number of amides is 1. The van der Waals surface area contributed by atoms with E-state index < -0.39 is 0 Å². The van der Waals surface area contributed by atoms with Gasteiger partial charge in [0.1, 0.15) is 6.61 Å². The summed E-state index contributed by atoms with van der Waals surface area (Å²) in [6.07, 6.45) is 4.39. The lowest BCUT2D eigenvalue weighted by molar-refractivity contribution is -0.126. The molecular weight excluding hydrogens is 352 g/mol. The molecule has 2 aromatic rings. The zero-order valence-corrected chi connectivity index (χ0v) is 16.7. The van der Waals surface area contributed by atoms with Gasteiger partial charge < -0.3 is 14.8 Å². The number of piperidine rings is 1. The van der Waals surface area contributed by atoms with Gasteiger partial charge in [0.25, 0.3) is 0 Å². The highest BCUT2D eigenvalue weighted by atomic mass is 16.5. The molecule has 0 radical (unpaired) electrons. The van der Waals surface area contributed by atoms with Gasteiger partial charge in [-0.25, -0.2) is 0 Å². The topological polar surface area (TPSA) is 50.8 Å². The van der Waals surface area contributed by atoms with Crippen molar-refractivity contribution in [2.75, 3.05) is 33.4 Å². The molecule has 28 heavy (non-hydrogen) atoms. The second-order valence-electron chi connectivity index (χ2n) is 8.11. The van der Waals surface area contributed by atoms with Crippen LogP contribution in [0.25, 0.3) is 10.8 Å². The number of carbonyl (C=O) groups is 1. The number of nitrogens with zero attached hydrogens (tertiary/aromatic N) is 1. The van der Waals surface area contributed by atoms with E-state index >= 15 is 0 Å². The second-order valence-corrected chi connectivity index (χ2v) is 8.11. The van der Waals surface area contributed by atoms with E-state index in [1.165, 1.54) is 23.4 Å². The van der Waals surface area contributed by atoms with Gasteiger partial charge in [-0.2, -0.15) is 0 Å². The van der Waals surface area contributed by atoms with Crippen LogP contribution in [-0.2, 0) is 20.8 Å². The van der Waals surface area contributed by atoms with Gasteiger partial charge in [-0.1, -0.05) is 42.5 Å². The molecule has 0 bridgehead atoms. The van der Waals surface area contributed by atoms with Gasteiger partial charge in [-0.05, 0) is 42.0 Å². The molecule has 1 unspecified atom stereocenters. The first-order chi connectivity index (χ1) is 13.7. The molecule has 150 valence electrons. The number of hydrogen-bond acceptors (Lipinski definition) is 4. The molecule has 4 rings (SSSR count). The van der Waals surface area contributed by atoms with Crippen LogP contribution in [0.3, 0.4) is 0 Å². The van der Waals surface area contributed by atoms with Gasteiger partial charge in [0.2, 0.25) is 5.91 Å².